The monoisotopic (exact) mass is 376 g/mol. The quantitative estimate of drug-likeness (QED) is 0.511. The van der Waals surface area contributed by atoms with Crippen LogP contribution in [0.3, 0.4) is 0 Å². The first-order valence-electron chi connectivity index (χ1n) is 10.0. The van der Waals surface area contributed by atoms with Crippen LogP contribution in [0.15, 0.2) is 29.3 Å². The molecule has 6 nitrogen and oxygen atoms in total. The van der Waals surface area contributed by atoms with E-state index >= 15 is 0 Å². The lowest BCUT2D eigenvalue weighted by Gasteiger charge is -2.35. The van der Waals surface area contributed by atoms with Crippen molar-refractivity contribution < 1.29 is 9.47 Å². The summed E-state index contributed by atoms with van der Waals surface area (Å²) in [6.07, 6.45) is 2.10. The lowest BCUT2D eigenvalue weighted by atomic mass is 10.0. The van der Waals surface area contributed by atoms with Gasteiger partial charge in [0.15, 0.2) is 5.96 Å². The van der Waals surface area contributed by atoms with Crippen molar-refractivity contribution in [1.29, 1.82) is 0 Å². The third kappa shape index (κ3) is 7.77. The third-order valence-corrected chi connectivity index (χ3v) is 4.87. The van der Waals surface area contributed by atoms with Crippen LogP contribution < -0.4 is 15.4 Å². The lowest BCUT2D eigenvalue weighted by molar-refractivity contribution is 0.0132. The van der Waals surface area contributed by atoms with E-state index in [1.54, 1.807) is 7.11 Å². The highest BCUT2D eigenvalue weighted by Gasteiger charge is 2.22. The zero-order valence-corrected chi connectivity index (χ0v) is 17.3. The van der Waals surface area contributed by atoms with Crippen molar-refractivity contribution in [2.45, 2.75) is 32.7 Å². The second-order valence-electron chi connectivity index (χ2n) is 7.41. The number of nitrogens with one attached hydrogen (secondary N) is 2. The fraction of sp³-hybridized carbons (Fsp3) is 0.667. The molecule has 1 aliphatic rings. The molecule has 152 valence electrons. The minimum absolute atomic E-state index is 0.505. The fourth-order valence-corrected chi connectivity index (χ4v) is 3.44. The van der Waals surface area contributed by atoms with E-state index in [4.69, 9.17) is 9.47 Å². The third-order valence-electron chi connectivity index (χ3n) is 4.87. The molecule has 0 aromatic heterocycles. The van der Waals surface area contributed by atoms with E-state index in [0.29, 0.717) is 12.0 Å². The van der Waals surface area contributed by atoms with Gasteiger partial charge in [-0.25, -0.2) is 0 Å². The van der Waals surface area contributed by atoms with E-state index in [9.17, 15) is 0 Å². The molecule has 1 aliphatic heterocycles. The molecule has 0 spiro atoms. The smallest absolute Gasteiger partial charge is 0.191 e. The van der Waals surface area contributed by atoms with Crippen LogP contribution in [0.4, 0.5) is 0 Å². The molecule has 0 amide bonds. The zero-order valence-electron chi connectivity index (χ0n) is 17.3. The zero-order chi connectivity index (χ0) is 19.5. The van der Waals surface area contributed by atoms with Crippen LogP contribution in [0.1, 0.15) is 25.8 Å². The van der Waals surface area contributed by atoms with Crippen LogP contribution in [0, 0.1) is 5.92 Å². The van der Waals surface area contributed by atoms with Gasteiger partial charge in [0.2, 0.25) is 0 Å². The minimum atomic E-state index is 0.505. The molecule has 6 heteroatoms. The van der Waals surface area contributed by atoms with E-state index in [-0.39, 0.29) is 0 Å². The molecule has 2 N–H and O–H groups in total. The number of guanidine groups is 1. The summed E-state index contributed by atoms with van der Waals surface area (Å²) in [6, 6.07) is 8.70. The molecule has 0 aliphatic carbocycles. The number of nitrogens with zero attached hydrogens (tertiary/aromatic N) is 2. The van der Waals surface area contributed by atoms with Crippen molar-refractivity contribution in [2.24, 2.45) is 10.9 Å². The van der Waals surface area contributed by atoms with Crippen molar-refractivity contribution in [1.82, 2.24) is 15.5 Å². The molecule has 1 unspecified atom stereocenters. The van der Waals surface area contributed by atoms with Crippen LogP contribution in [0.25, 0.3) is 0 Å². The lowest BCUT2D eigenvalue weighted by Crippen LogP contribution is -2.51. The summed E-state index contributed by atoms with van der Waals surface area (Å²) in [5, 5.41) is 6.93. The highest BCUT2D eigenvalue weighted by atomic mass is 16.5. The summed E-state index contributed by atoms with van der Waals surface area (Å²) in [4.78, 5) is 6.92. The topological polar surface area (TPSA) is 58.1 Å². The molecule has 1 saturated heterocycles. The molecule has 1 fully saturated rings. The van der Waals surface area contributed by atoms with E-state index in [1.165, 1.54) is 12.0 Å². The number of ether oxygens (including phenoxy) is 2. The highest BCUT2D eigenvalue weighted by Crippen LogP contribution is 2.13. The van der Waals surface area contributed by atoms with Gasteiger partial charge in [0.1, 0.15) is 5.75 Å². The Labute approximate surface area is 164 Å². The largest absolute Gasteiger partial charge is 0.497 e. The second-order valence-corrected chi connectivity index (χ2v) is 7.41. The summed E-state index contributed by atoms with van der Waals surface area (Å²) < 4.78 is 10.8. The first kappa shape index (κ1) is 21.5. The van der Waals surface area contributed by atoms with Crippen molar-refractivity contribution in [3.05, 3.63) is 29.8 Å². The van der Waals surface area contributed by atoms with Crippen LogP contribution in [0.5, 0.6) is 5.75 Å². The summed E-state index contributed by atoms with van der Waals surface area (Å²) in [5.74, 6) is 2.43. The van der Waals surface area contributed by atoms with Gasteiger partial charge in [0, 0.05) is 39.3 Å². The number of rotatable bonds is 9. The van der Waals surface area contributed by atoms with Crippen LogP contribution in [-0.4, -0.2) is 70.5 Å². The Morgan fingerprint density at radius 3 is 2.70 bits per heavy atom. The van der Waals surface area contributed by atoms with Gasteiger partial charge in [-0.15, -0.1) is 0 Å². The summed E-state index contributed by atoms with van der Waals surface area (Å²) in [6.45, 7) is 10.0. The molecule has 1 heterocycles. The predicted octanol–water partition coefficient (Wildman–Crippen LogP) is 2.15. The van der Waals surface area contributed by atoms with Crippen molar-refractivity contribution >= 4 is 5.96 Å². The summed E-state index contributed by atoms with van der Waals surface area (Å²) in [7, 11) is 3.53. The molecule has 27 heavy (non-hydrogen) atoms. The maximum atomic E-state index is 5.51. The van der Waals surface area contributed by atoms with Gasteiger partial charge >= 0.3 is 0 Å². The summed E-state index contributed by atoms with van der Waals surface area (Å²) in [5.41, 5.74) is 1.25. The van der Waals surface area contributed by atoms with Gasteiger partial charge < -0.3 is 20.1 Å². The van der Waals surface area contributed by atoms with E-state index < -0.39 is 0 Å². The first-order valence-corrected chi connectivity index (χ1v) is 10.0. The van der Waals surface area contributed by atoms with Gasteiger partial charge in [0.25, 0.3) is 0 Å². The Morgan fingerprint density at radius 1 is 1.26 bits per heavy atom. The molecule has 1 aromatic carbocycles. The summed E-state index contributed by atoms with van der Waals surface area (Å²) >= 11 is 0. The standard InChI is InChI=1S/C21H36N4O2/c1-17(2)14-19(25-10-12-27-13-11-25)16-24-21(22-3)23-9-8-18-6-5-7-20(15-18)26-4/h5-7,15,17,19H,8-14,16H2,1-4H3,(H2,22,23,24). The van der Waals surface area contributed by atoms with E-state index in [2.05, 4.69) is 46.5 Å². The average molecular weight is 377 g/mol. The molecular formula is C21H36N4O2. The van der Waals surface area contributed by atoms with Crippen LogP contribution in [-0.2, 0) is 11.2 Å². The Morgan fingerprint density at radius 2 is 2.04 bits per heavy atom. The molecular weight excluding hydrogens is 340 g/mol. The van der Waals surface area contributed by atoms with Gasteiger partial charge in [-0.3, -0.25) is 9.89 Å². The second kappa shape index (κ2) is 11.8. The molecule has 0 radical (unpaired) electrons. The Hall–Kier alpha value is -1.79. The van der Waals surface area contributed by atoms with Gasteiger partial charge in [-0.05, 0) is 36.5 Å². The SMILES string of the molecule is CN=C(NCCc1cccc(OC)c1)NCC(CC(C)C)N1CCOCC1. The maximum Gasteiger partial charge on any atom is 0.191 e. The molecule has 0 bridgehead atoms. The Balaban J connectivity index is 1.79. The average Bonchev–Trinajstić information content (AvgIpc) is 2.70. The fourth-order valence-electron chi connectivity index (χ4n) is 3.44. The number of hydrogen-bond acceptors (Lipinski definition) is 4. The van der Waals surface area contributed by atoms with Gasteiger partial charge in [-0.1, -0.05) is 26.0 Å². The normalized spacial score (nSPS) is 17.0. The van der Waals surface area contributed by atoms with Crippen molar-refractivity contribution in [3.8, 4) is 5.75 Å². The number of morpholine rings is 1. The maximum absolute atomic E-state index is 5.51. The van der Waals surface area contributed by atoms with Gasteiger partial charge in [-0.2, -0.15) is 0 Å². The highest BCUT2D eigenvalue weighted by molar-refractivity contribution is 5.79. The van der Waals surface area contributed by atoms with Gasteiger partial charge in [0.05, 0.1) is 20.3 Å². The predicted molar refractivity (Wildman–Crippen MR) is 112 cm³/mol. The Kier molecular flexibility index (Phi) is 9.42. The van der Waals surface area contributed by atoms with Crippen LogP contribution in [0.2, 0.25) is 0 Å². The number of benzene rings is 1. The molecule has 2 rings (SSSR count). The van der Waals surface area contributed by atoms with Crippen LogP contribution >= 0.6 is 0 Å². The Bertz CT molecular complexity index is 571. The first-order chi connectivity index (χ1) is 13.1. The van der Waals surface area contributed by atoms with E-state index in [1.807, 2.05) is 19.2 Å². The molecule has 0 saturated carbocycles. The van der Waals surface area contributed by atoms with Crippen molar-refractivity contribution in [2.75, 3.05) is 53.6 Å². The number of aliphatic imine (C=N–C) groups is 1. The van der Waals surface area contributed by atoms with Crippen molar-refractivity contribution in [3.63, 3.8) is 0 Å². The van der Waals surface area contributed by atoms with E-state index in [0.717, 1.165) is 57.5 Å². The molecule has 1 aromatic rings. The minimum Gasteiger partial charge on any atom is -0.497 e. The number of hydrogen-bond donors (Lipinski definition) is 2. The molecule has 1 atom stereocenters. The number of methoxy groups -OCH3 is 1.